The fourth-order valence-electron chi connectivity index (χ4n) is 2.44. The SMILES string of the molecule is COc1cccc(C(N)Cn2cnc3ccccc32)c1F. The van der Waals surface area contributed by atoms with Crippen LogP contribution in [0.4, 0.5) is 4.39 Å². The summed E-state index contributed by atoms with van der Waals surface area (Å²) in [6, 6.07) is 12.3. The van der Waals surface area contributed by atoms with Gasteiger partial charge in [-0.2, -0.15) is 0 Å². The lowest BCUT2D eigenvalue weighted by atomic mass is 10.1. The molecule has 0 amide bonds. The molecule has 0 saturated heterocycles. The van der Waals surface area contributed by atoms with Crippen LogP contribution in [0.2, 0.25) is 0 Å². The summed E-state index contributed by atoms with van der Waals surface area (Å²) in [6.45, 7) is 0.449. The first-order valence-corrected chi connectivity index (χ1v) is 6.68. The quantitative estimate of drug-likeness (QED) is 0.802. The summed E-state index contributed by atoms with van der Waals surface area (Å²) in [6.07, 6.45) is 1.72. The Balaban J connectivity index is 1.91. The highest BCUT2D eigenvalue weighted by atomic mass is 19.1. The lowest BCUT2D eigenvalue weighted by molar-refractivity contribution is 0.381. The van der Waals surface area contributed by atoms with Crippen LogP contribution in [0.3, 0.4) is 0 Å². The molecule has 1 atom stereocenters. The molecule has 5 heteroatoms. The summed E-state index contributed by atoms with van der Waals surface area (Å²) in [4.78, 5) is 4.31. The first-order chi connectivity index (χ1) is 10.2. The van der Waals surface area contributed by atoms with Crippen molar-refractivity contribution >= 4 is 11.0 Å². The minimum atomic E-state index is -0.474. The molecule has 0 aliphatic rings. The van der Waals surface area contributed by atoms with Crippen molar-refractivity contribution in [2.45, 2.75) is 12.6 Å². The molecule has 0 aliphatic carbocycles. The number of hydrogen-bond donors (Lipinski definition) is 1. The first-order valence-electron chi connectivity index (χ1n) is 6.68. The van der Waals surface area contributed by atoms with Crippen LogP contribution in [0.15, 0.2) is 48.8 Å². The van der Waals surface area contributed by atoms with E-state index in [0.29, 0.717) is 12.1 Å². The number of halogens is 1. The maximum absolute atomic E-state index is 14.2. The molecular weight excluding hydrogens is 269 g/mol. The molecule has 108 valence electrons. The van der Waals surface area contributed by atoms with Crippen molar-refractivity contribution in [2.75, 3.05) is 7.11 Å². The van der Waals surface area contributed by atoms with E-state index < -0.39 is 11.9 Å². The number of ether oxygens (including phenoxy) is 1. The van der Waals surface area contributed by atoms with Crippen LogP contribution >= 0.6 is 0 Å². The van der Waals surface area contributed by atoms with Gasteiger partial charge in [0.15, 0.2) is 11.6 Å². The Morgan fingerprint density at radius 2 is 2.05 bits per heavy atom. The van der Waals surface area contributed by atoms with Crippen molar-refractivity contribution in [3.8, 4) is 5.75 Å². The van der Waals surface area contributed by atoms with Crippen LogP contribution in [0.25, 0.3) is 11.0 Å². The first kappa shape index (κ1) is 13.6. The van der Waals surface area contributed by atoms with Crippen LogP contribution < -0.4 is 10.5 Å². The number of aromatic nitrogens is 2. The predicted octanol–water partition coefficient (Wildman–Crippen LogP) is 2.88. The molecule has 2 aromatic carbocycles. The van der Waals surface area contributed by atoms with Crippen molar-refractivity contribution in [1.29, 1.82) is 0 Å². The van der Waals surface area contributed by atoms with E-state index in [9.17, 15) is 4.39 Å². The molecule has 21 heavy (non-hydrogen) atoms. The topological polar surface area (TPSA) is 53.1 Å². The highest BCUT2D eigenvalue weighted by Crippen LogP contribution is 2.25. The van der Waals surface area contributed by atoms with Crippen molar-refractivity contribution in [2.24, 2.45) is 5.73 Å². The van der Waals surface area contributed by atoms with E-state index in [1.165, 1.54) is 7.11 Å². The van der Waals surface area contributed by atoms with Gasteiger partial charge in [0.1, 0.15) is 0 Å². The van der Waals surface area contributed by atoms with E-state index in [4.69, 9.17) is 10.5 Å². The van der Waals surface area contributed by atoms with E-state index in [0.717, 1.165) is 11.0 Å². The van der Waals surface area contributed by atoms with Crippen LogP contribution in [-0.2, 0) is 6.54 Å². The number of imidazole rings is 1. The summed E-state index contributed by atoms with van der Waals surface area (Å²) in [5.41, 5.74) is 8.48. The Morgan fingerprint density at radius 1 is 1.24 bits per heavy atom. The van der Waals surface area contributed by atoms with Gasteiger partial charge in [0.05, 0.1) is 30.5 Å². The highest BCUT2D eigenvalue weighted by Gasteiger charge is 2.16. The molecule has 1 aromatic heterocycles. The van der Waals surface area contributed by atoms with Crippen LogP contribution in [0, 0.1) is 5.82 Å². The number of hydrogen-bond acceptors (Lipinski definition) is 3. The zero-order chi connectivity index (χ0) is 14.8. The van der Waals surface area contributed by atoms with Gasteiger partial charge < -0.3 is 15.0 Å². The van der Waals surface area contributed by atoms with Gasteiger partial charge >= 0.3 is 0 Å². The van der Waals surface area contributed by atoms with Gasteiger partial charge in [0.2, 0.25) is 0 Å². The zero-order valence-electron chi connectivity index (χ0n) is 11.7. The van der Waals surface area contributed by atoms with Gasteiger partial charge in [0.25, 0.3) is 0 Å². The molecule has 2 N–H and O–H groups in total. The third-order valence-electron chi connectivity index (χ3n) is 3.53. The number of fused-ring (bicyclic) bond motifs is 1. The molecule has 1 unspecified atom stereocenters. The maximum Gasteiger partial charge on any atom is 0.169 e. The third-order valence-corrected chi connectivity index (χ3v) is 3.53. The molecule has 3 rings (SSSR count). The average molecular weight is 285 g/mol. The monoisotopic (exact) mass is 285 g/mol. The third kappa shape index (κ3) is 2.48. The molecule has 0 fully saturated rings. The van der Waals surface area contributed by atoms with E-state index in [1.807, 2.05) is 28.8 Å². The predicted molar refractivity (Wildman–Crippen MR) is 79.6 cm³/mol. The number of benzene rings is 2. The average Bonchev–Trinajstić information content (AvgIpc) is 2.91. The van der Waals surface area contributed by atoms with Crippen molar-refractivity contribution in [3.63, 3.8) is 0 Å². The second-order valence-electron chi connectivity index (χ2n) is 4.86. The summed E-state index contributed by atoms with van der Waals surface area (Å²) < 4.78 is 21.2. The second kappa shape index (κ2) is 5.54. The standard InChI is InChI=1S/C16H16FN3O/c1-21-15-8-4-5-11(16(15)17)12(18)9-20-10-19-13-6-2-3-7-14(13)20/h2-8,10,12H,9,18H2,1H3. The van der Waals surface area contributed by atoms with Gasteiger partial charge in [-0.1, -0.05) is 24.3 Å². The smallest absolute Gasteiger partial charge is 0.169 e. The molecule has 4 nitrogen and oxygen atoms in total. The largest absolute Gasteiger partial charge is 0.494 e. The lowest BCUT2D eigenvalue weighted by Crippen LogP contribution is -2.18. The maximum atomic E-state index is 14.2. The second-order valence-corrected chi connectivity index (χ2v) is 4.86. The molecule has 3 aromatic rings. The van der Waals surface area contributed by atoms with Gasteiger partial charge in [-0.15, -0.1) is 0 Å². The van der Waals surface area contributed by atoms with Crippen molar-refractivity contribution in [3.05, 3.63) is 60.2 Å². The summed E-state index contributed by atoms with van der Waals surface area (Å²) in [5, 5.41) is 0. The summed E-state index contributed by atoms with van der Waals surface area (Å²) >= 11 is 0. The minimum Gasteiger partial charge on any atom is -0.494 e. The van der Waals surface area contributed by atoms with Crippen molar-refractivity contribution in [1.82, 2.24) is 9.55 Å². The molecule has 0 bridgehead atoms. The lowest BCUT2D eigenvalue weighted by Gasteiger charge is -2.15. The van der Waals surface area contributed by atoms with Crippen LogP contribution in [-0.4, -0.2) is 16.7 Å². The van der Waals surface area contributed by atoms with E-state index in [2.05, 4.69) is 4.98 Å². The molecule has 0 radical (unpaired) electrons. The number of rotatable bonds is 4. The molecule has 0 saturated carbocycles. The Labute approximate surface area is 122 Å². The fourth-order valence-corrected chi connectivity index (χ4v) is 2.44. The number of para-hydroxylation sites is 2. The van der Waals surface area contributed by atoms with Gasteiger partial charge in [-0.25, -0.2) is 9.37 Å². The van der Waals surface area contributed by atoms with E-state index >= 15 is 0 Å². The fraction of sp³-hybridized carbons (Fsp3) is 0.188. The molecule has 0 aliphatic heterocycles. The van der Waals surface area contributed by atoms with Gasteiger partial charge in [-0.05, 0) is 18.2 Å². The zero-order valence-corrected chi connectivity index (χ0v) is 11.7. The van der Waals surface area contributed by atoms with E-state index in [1.54, 1.807) is 24.5 Å². The molecular formula is C16H16FN3O. The Morgan fingerprint density at radius 3 is 2.86 bits per heavy atom. The summed E-state index contributed by atoms with van der Waals surface area (Å²) in [7, 11) is 1.44. The molecule has 1 heterocycles. The normalized spacial score (nSPS) is 12.5. The van der Waals surface area contributed by atoms with E-state index in [-0.39, 0.29) is 5.75 Å². The number of methoxy groups -OCH3 is 1. The Hall–Kier alpha value is -2.40. The summed E-state index contributed by atoms with van der Waals surface area (Å²) in [5.74, 6) is -0.199. The van der Waals surface area contributed by atoms with Gasteiger partial charge in [-0.3, -0.25) is 0 Å². The van der Waals surface area contributed by atoms with Gasteiger partial charge in [0, 0.05) is 12.1 Å². The van der Waals surface area contributed by atoms with Crippen LogP contribution in [0.1, 0.15) is 11.6 Å². The number of nitrogens with two attached hydrogens (primary N) is 1. The number of nitrogens with zero attached hydrogens (tertiary/aromatic N) is 2. The molecule has 0 spiro atoms. The highest BCUT2D eigenvalue weighted by molar-refractivity contribution is 5.74. The Kier molecular flexibility index (Phi) is 3.58. The van der Waals surface area contributed by atoms with Crippen molar-refractivity contribution < 1.29 is 9.13 Å². The van der Waals surface area contributed by atoms with Crippen LogP contribution in [0.5, 0.6) is 5.75 Å². The Bertz CT molecular complexity index is 769. The minimum absolute atomic E-state index is 0.207.